The SMILES string of the molecule is COC(=O)c1cc(S(=O)(=O)NCc2ccc(-n3ccnc3C)cc2)ccc1Cl. The zero-order valence-electron chi connectivity index (χ0n) is 15.2. The highest BCUT2D eigenvalue weighted by atomic mass is 35.5. The molecule has 0 saturated carbocycles. The molecule has 0 saturated heterocycles. The Morgan fingerprint density at radius 1 is 1.21 bits per heavy atom. The van der Waals surface area contributed by atoms with Crippen LogP contribution in [-0.4, -0.2) is 31.0 Å². The molecular weight excluding hydrogens is 402 g/mol. The lowest BCUT2D eigenvalue weighted by molar-refractivity contribution is 0.0600. The summed E-state index contributed by atoms with van der Waals surface area (Å²) in [6.07, 6.45) is 3.57. The number of hydrogen-bond donors (Lipinski definition) is 1. The first-order valence-electron chi connectivity index (χ1n) is 8.28. The van der Waals surface area contributed by atoms with Gasteiger partial charge in [-0.25, -0.2) is 22.9 Å². The van der Waals surface area contributed by atoms with E-state index in [4.69, 9.17) is 11.6 Å². The van der Waals surface area contributed by atoms with Gasteiger partial charge in [0.25, 0.3) is 0 Å². The Hall–Kier alpha value is -2.68. The molecule has 0 fully saturated rings. The standard InChI is InChI=1S/C19H18ClN3O4S/c1-13-21-9-10-23(13)15-5-3-14(4-6-15)12-22-28(25,26)16-7-8-18(20)17(11-16)19(24)27-2/h3-11,22H,12H2,1-2H3. The second-order valence-electron chi connectivity index (χ2n) is 5.97. The fourth-order valence-electron chi connectivity index (χ4n) is 2.62. The van der Waals surface area contributed by atoms with Gasteiger partial charge in [0, 0.05) is 24.6 Å². The van der Waals surface area contributed by atoms with Crippen molar-refractivity contribution in [3.8, 4) is 5.69 Å². The highest BCUT2D eigenvalue weighted by Gasteiger charge is 2.19. The molecule has 1 heterocycles. The van der Waals surface area contributed by atoms with Gasteiger partial charge < -0.3 is 9.30 Å². The number of carbonyl (C=O) groups excluding carboxylic acids is 1. The molecule has 146 valence electrons. The normalized spacial score (nSPS) is 11.4. The third-order valence-electron chi connectivity index (χ3n) is 4.16. The zero-order valence-corrected chi connectivity index (χ0v) is 16.8. The van der Waals surface area contributed by atoms with E-state index >= 15 is 0 Å². The van der Waals surface area contributed by atoms with Crippen molar-refractivity contribution in [2.45, 2.75) is 18.4 Å². The summed E-state index contributed by atoms with van der Waals surface area (Å²) in [6.45, 7) is 2.00. The number of sulfonamides is 1. The number of methoxy groups -OCH3 is 1. The number of rotatable bonds is 6. The Morgan fingerprint density at radius 3 is 2.54 bits per heavy atom. The molecule has 0 amide bonds. The predicted molar refractivity (Wildman–Crippen MR) is 105 cm³/mol. The van der Waals surface area contributed by atoms with Gasteiger partial charge in [-0.05, 0) is 42.8 Å². The third-order valence-corrected chi connectivity index (χ3v) is 5.89. The van der Waals surface area contributed by atoms with Crippen LogP contribution in [0.25, 0.3) is 5.69 Å². The first-order valence-corrected chi connectivity index (χ1v) is 10.1. The van der Waals surface area contributed by atoms with Crippen molar-refractivity contribution in [1.82, 2.24) is 14.3 Å². The lowest BCUT2D eigenvalue weighted by Crippen LogP contribution is -2.23. The van der Waals surface area contributed by atoms with E-state index in [1.165, 1.54) is 25.3 Å². The van der Waals surface area contributed by atoms with Crippen molar-refractivity contribution in [3.05, 3.63) is 76.8 Å². The highest BCUT2D eigenvalue weighted by Crippen LogP contribution is 2.21. The molecule has 3 aromatic rings. The zero-order chi connectivity index (χ0) is 20.3. The highest BCUT2D eigenvalue weighted by molar-refractivity contribution is 7.89. The van der Waals surface area contributed by atoms with Crippen LogP contribution in [0.4, 0.5) is 0 Å². The van der Waals surface area contributed by atoms with E-state index in [1.807, 2.05) is 42.0 Å². The minimum absolute atomic E-state index is 0.00732. The summed E-state index contributed by atoms with van der Waals surface area (Å²) in [5, 5.41) is 0.121. The van der Waals surface area contributed by atoms with Crippen LogP contribution in [-0.2, 0) is 21.3 Å². The number of benzene rings is 2. The summed E-state index contributed by atoms with van der Waals surface area (Å²) in [6, 6.07) is 11.3. The molecule has 0 unspecified atom stereocenters. The first-order chi connectivity index (χ1) is 13.3. The molecule has 0 aliphatic heterocycles. The summed E-state index contributed by atoms with van der Waals surface area (Å²) in [7, 11) is -2.63. The summed E-state index contributed by atoms with van der Waals surface area (Å²) in [5.41, 5.74) is 1.71. The van der Waals surface area contributed by atoms with Crippen molar-refractivity contribution in [2.24, 2.45) is 0 Å². The molecule has 0 spiro atoms. The quantitative estimate of drug-likeness (QED) is 0.620. The van der Waals surface area contributed by atoms with E-state index in [-0.39, 0.29) is 22.0 Å². The van der Waals surface area contributed by atoms with E-state index < -0.39 is 16.0 Å². The lowest BCUT2D eigenvalue weighted by atomic mass is 10.2. The van der Waals surface area contributed by atoms with Crippen LogP contribution in [0.1, 0.15) is 21.7 Å². The topological polar surface area (TPSA) is 90.3 Å². The maximum Gasteiger partial charge on any atom is 0.339 e. The van der Waals surface area contributed by atoms with Gasteiger partial charge in [-0.1, -0.05) is 23.7 Å². The van der Waals surface area contributed by atoms with Gasteiger partial charge in [0.15, 0.2) is 0 Å². The van der Waals surface area contributed by atoms with E-state index in [2.05, 4.69) is 14.4 Å². The predicted octanol–water partition coefficient (Wildman–Crippen LogP) is 3.10. The molecule has 0 bridgehead atoms. The number of aromatic nitrogens is 2. The van der Waals surface area contributed by atoms with Crippen molar-refractivity contribution < 1.29 is 17.9 Å². The molecule has 3 rings (SSSR count). The monoisotopic (exact) mass is 419 g/mol. The number of carbonyl (C=O) groups is 1. The summed E-state index contributed by atoms with van der Waals surface area (Å²) < 4.78 is 34.2. The molecule has 0 aliphatic rings. The molecule has 28 heavy (non-hydrogen) atoms. The third kappa shape index (κ3) is 4.24. The number of ether oxygens (including phenoxy) is 1. The van der Waals surface area contributed by atoms with Gasteiger partial charge >= 0.3 is 5.97 Å². The van der Waals surface area contributed by atoms with Gasteiger partial charge in [-0.2, -0.15) is 0 Å². The number of nitrogens with one attached hydrogen (secondary N) is 1. The van der Waals surface area contributed by atoms with Crippen LogP contribution in [0.15, 0.2) is 59.8 Å². The van der Waals surface area contributed by atoms with Crippen molar-refractivity contribution in [1.29, 1.82) is 0 Å². The molecule has 1 aromatic heterocycles. The van der Waals surface area contributed by atoms with Gasteiger partial charge in [-0.3, -0.25) is 0 Å². The molecule has 0 atom stereocenters. The maximum absolute atomic E-state index is 12.6. The molecule has 7 nitrogen and oxygen atoms in total. The smallest absolute Gasteiger partial charge is 0.339 e. The Morgan fingerprint density at radius 2 is 1.93 bits per heavy atom. The second-order valence-corrected chi connectivity index (χ2v) is 8.14. The van der Waals surface area contributed by atoms with Crippen molar-refractivity contribution in [3.63, 3.8) is 0 Å². The number of aryl methyl sites for hydroxylation is 1. The van der Waals surface area contributed by atoms with Crippen molar-refractivity contribution in [2.75, 3.05) is 7.11 Å². The summed E-state index contributed by atoms with van der Waals surface area (Å²) in [5.74, 6) is 0.157. The van der Waals surface area contributed by atoms with Crippen LogP contribution < -0.4 is 4.72 Å². The Kier molecular flexibility index (Phi) is 5.83. The number of halogens is 1. The average molecular weight is 420 g/mol. The number of esters is 1. The van der Waals surface area contributed by atoms with Crippen LogP contribution in [0, 0.1) is 6.92 Å². The van der Waals surface area contributed by atoms with E-state index in [1.54, 1.807) is 6.20 Å². The summed E-state index contributed by atoms with van der Waals surface area (Å²) in [4.78, 5) is 15.8. The summed E-state index contributed by atoms with van der Waals surface area (Å²) >= 11 is 5.94. The molecule has 2 aromatic carbocycles. The minimum Gasteiger partial charge on any atom is -0.465 e. The van der Waals surface area contributed by atoms with E-state index in [9.17, 15) is 13.2 Å². The molecule has 9 heteroatoms. The number of nitrogens with zero attached hydrogens (tertiary/aromatic N) is 2. The van der Waals surface area contributed by atoms with Crippen LogP contribution in [0.2, 0.25) is 5.02 Å². The molecule has 0 aliphatic carbocycles. The number of hydrogen-bond acceptors (Lipinski definition) is 5. The minimum atomic E-state index is -3.83. The molecule has 1 N–H and O–H groups in total. The fraction of sp³-hybridized carbons (Fsp3) is 0.158. The maximum atomic E-state index is 12.6. The van der Waals surface area contributed by atoms with Gasteiger partial charge in [-0.15, -0.1) is 0 Å². The Bertz CT molecular complexity index is 1110. The molecule has 0 radical (unpaired) electrons. The van der Waals surface area contributed by atoms with Gasteiger partial charge in [0.1, 0.15) is 5.82 Å². The van der Waals surface area contributed by atoms with Crippen LogP contribution in [0.5, 0.6) is 0 Å². The number of imidazole rings is 1. The van der Waals surface area contributed by atoms with Crippen LogP contribution in [0.3, 0.4) is 0 Å². The lowest BCUT2D eigenvalue weighted by Gasteiger charge is -2.10. The fourth-order valence-corrected chi connectivity index (χ4v) is 3.86. The molecular formula is C19H18ClN3O4S. The first kappa shape index (κ1) is 20.1. The largest absolute Gasteiger partial charge is 0.465 e. The second kappa shape index (κ2) is 8.14. The van der Waals surface area contributed by atoms with Gasteiger partial charge in [0.2, 0.25) is 10.0 Å². The van der Waals surface area contributed by atoms with Crippen molar-refractivity contribution >= 4 is 27.6 Å². The van der Waals surface area contributed by atoms with E-state index in [0.717, 1.165) is 17.1 Å². The van der Waals surface area contributed by atoms with E-state index in [0.29, 0.717) is 0 Å². The Balaban J connectivity index is 1.75. The Labute approximate surface area is 168 Å². The van der Waals surface area contributed by atoms with Crippen LogP contribution >= 0.6 is 11.6 Å². The average Bonchev–Trinajstić information content (AvgIpc) is 3.12. The van der Waals surface area contributed by atoms with Gasteiger partial charge in [0.05, 0.1) is 22.6 Å².